The Labute approximate surface area is 147 Å². The van der Waals surface area contributed by atoms with Crippen LogP contribution in [0.3, 0.4) is 0 Å². The van der Waals surface area contributed by atoms with E-state index in [1.54, 1.807) is 4.68 Å². The van der Waals surface area contributed by atoms with Crippen molar-refractivity contribution in [3.05, 3.63) is 48.3 Å². The minimum Gasteiger partial charge on any atom is -0.358 e. The Balaban J connectivity index is 1.83. The summed E-state index contributed by atoms with van der Waals surface area (Å²) in [5, 5.41) is 6.73. The number of hydrogen-bond acceptors (Lipinski definition) is 4. The standard InChI is InChI=1S/C17H22N4O3S/c1-18-17(22)16-9-5-6-10-21(16)25(23,24)15-11-19-20(13-15)12-14-7-3-2-4-8-14/h2-4,7-8,11,13,16H,5-6,9-10,12H2,1H3,(H,18,22)/t16-/m1/s1. The van der Waals surface area contributed by atoms with E-state index in [0.29, 0.717) is 19.5 Å². The fourth-order valence-corrected chi connectivity index (χ4v) is 4.70. The first-order chi connectivity index (χ1) is 12.0. The van der Waals surface area contributed by atoms with Gasteiger partial charge in [-0.25, -0.2) is 8.42 Å². The lowest BCUT2D eigenvalue weighted by molar-refractivity contribution is -0.125. The molecule has 1 aliphatic rings. The van der Waals surface area contributed by atoms with E-state index in [1.807, 2.05) is 30.3 Å². The van der Waals surface area contributed by atoms with Crippen LogP contribution >= 0.6 is 0 Å². The van der Waals surface area contributed by atoms with Crippen LogP contribution in [-0.2, 0) is 21.4 Å². The summed E-state index contributed by atoms with van der Waals surface area (Å²) < 4.78 is 28.9. The molecule has 0 aliphatic carbocycles. The van der Waals surface area contributed by atoms with Crippen LogP contribution in [0, 0.1) is 0 Å². The van der Waals surface area contributed by atoms with E-state index < -0.39 is 16.1 Å². The number of nitrogens with zero attached hydrogens (tertiary/aromatic N) is 3. The quantitative estimate of drug-likeness (QED) is 0.867. The third kappa shape index (κ3) is 3.74. The monoisotopic (exact) mass is 362 g/mol. The minimum atomic E-state index is -3.75. The molecule has 1 aliphatic heterocycles. The van der Waals surface area contributed by atoms with Crippen molar-refractivity contribution in [3.63, 3.8) is 0 Å². The zero-order chi connectivity index (χ0) is 17.9. The Morgan fingerprint density at radius 3 is 2.76 bits per heavy atom. The van der Waals surface area contributed by atoms with Crippen LogP contribution in [0.15, 0.2) is 47.6 Å². The van der Waals surface area contributed by atoms with E-state index >= 15 is 0 Å². The molecule has 1 N–H and O–H groups in total. The minimum absolute atomic E-state index is 0.124. The molecular formula is C17H22N4O3S. The summed E-state index contributed by atoms with van der Waals surface area (Å²) in [5.41, 5.74) is 1.04. The molecule has 0 radical (unpaired) electrons. The van der Waals surface area contributed by atoms with Crippen molar-refractivity contribution in [2.45, 2.75) is 36.7 Å². The zero-order valence-corrected chi connectivity index (χ0v) is 14.9. The molecule has 25 heavy (non-hydrogen) atoms. The van der Waals surface area contributed by atoms with Gasteiger partial charge in [0.25, 0.3) is 0 Å². The number of amides is 1. The molecule has 1 aromatic carbocycles. The fraction of sp³-hybridized carbons (Fsp3) is 0.412. The van der Waals surface area contributed by atoms with Crippen molar-refractivity contribution in [3.8, 4) is 0 Å². The molecule has 8 heteroatoms. The van der Waals surface area contributed by atoms with Crippen molar-refractivity contribution in [1.82, 2.24) is 19.4 Å². The molecule has 0 bridgehead atoms. The van der Waals surface area contributed by atoms with Crippen molar-refractivity contribution in [2.24, 2.45) is 0 Å². The third-order valence-corrected chi connectivity index (χ3v) is 6.27. The number of carbonyl (C=O) groups is 1. The molecule has 1 fully saturated rings. The van der Waals surface area contributed by atoms with Gasteiger partial charge in [0.1, 0.15) is 10.9 Å². The maximum atomic E-state index is 13.0. The second-order valence-electron chi connectivity index (χ2n) is 6.10. The molecule has 7 nitrogen and oxygen atoms in total. The first kappa shape index (κ1) is 17.6. The summed E-state index contributed by atoms with van der Waals surface area (Å²) in [6, 6.07) is 9.06. The Morgan fingerprint density at radius 2 is 2.04 bits per heavy atom. The summed E-state index contributed by atoms with van der Waals surface area (Å²) in [6.45, 7) is 0.847. The topological polar surface area (TPSA) is 84.3 Å². The van der Waals surface area contributed by atoms with Crippen LogP contribution in [0.4, 0.5) is 0 Å². The molecule has 2 aromatic rings. The Hall–Kier alpha value is -2.19. The first-order valence-electron chi connectivity index (χ1n) is 8.32. The van der Waals surface area contributed by atoms with Gasteiger partial charge in [-0.1, -0.05) is 36.8 Å². The van der Waals surface area contributed by atoms with Crippen LogP contribution in [0.2, 0.25) is 0 Å². The number of carbonyl (C=O) groups excluding carboxylic acids is 1. The fourth-order valence-electron chi connectivity index (χ4n) is 3.09. The maximum absolute atomic E-state index is 13.0. The summed E-state index contributed by atoms with van der Waals surface area (Å²) >= 11 is 0. The Bertz CT molecular complexity index is 833. The van der Waals surface area contributed by atoms with E-state index in [9.17, 15) is 13.2 Å². The third-order valence-electron chi connectivity index (χ3n) is 4.41. The van der Waals surface area contributed by atoms with Gasteiger partial charge in [-0.15, -0.1) is 0 Å². The SMILES string of the molecule is CNC(=O)[C@H]1CCCCN1S(=O)(=O)c1cnn(Cc2ccccc2)c1. The predicted molar refractivity (Wildman–Crippen MR) is 93.4 cm³/mol. The van der Waals surface area contributed by atoms with Gasteiger partial charge >= 0.3 is 0 Å². The number of benzene rings is 1. The predicted octanol–water partition coefficient (Wildman–Crippen LogP) is 1.22. The highest BCUT2D eigenvalue weighted by Gasteiger charge is 2.37. The van der Waals surface area contributed by atoms with Gasteiger partial charge in [0.2, 0.25) is 15.9 Å². The molecule has 1 atom stereocenters. The van der Waals surface area contributed by atoms with Gasteiger partial charge in [-0.05, 0) is 18.4 Å². The Kier molecular flexibility index (Phi) is 5.19. The number of rotatable bonds is 5. The number of piperidine rings is 1. The highest BCUT2D eigenvalue weighted by Crippen LogP contribution is 2.25. The molecule has 0 spiro atoms. The smallest absolute Gasteiger partial charge is 0.246 e. The van der Waals surface area contributed by atoms with Crippen LogP contribution in [-0.4, -0.2) is 48.0 Å². The Morgan fingerprint density at radius 1 is 1.28 bits per heavy atom. The van der Waals surface area contributed by atoms with Crippen LogP contribution in [0.25, 0.3) is 0 Å². The second-order valence-corrected chi connectivity index (χ2v) is 7.99. The maximum Gasteiger partial charge on any atom is 0.246 e. The van der Waals surface area contributed by atoms with Gasteiger partial charge < -0.3 is 5.32 Å². The van der Waals surface area contributed by atoms with Crippen molar-refractivity contribution >= 4 is 15.9 Å². The summed E-state index contributed by atoms with van der Waals surface area (Å²) in [5.74, 6) is -0.264. The highest BCUT2D eigenvalue weighted by molar-refractivity contribution is 7.89. The van der Waals surface area contributed by atoms with Crippen molar-refractivity contribution < 1.29 is 13.2 Å². The number of likely N-dealkylation sites (N-methyl/N-ethyl adjacent to an activating group) is 1. The molecular weight excluding hydrogens is 340 g/mol. The molecule has 1 saturated heterocycles. The summed E-state index contributed by atoms with van der Waals surface area (Å²) in [6.07, 6.45) is 5.02. The van der Waals surface area contributed by atoms with Gasteiger partial charge in [0, 0.05) is 19.8 Å². The molecule has 134 valence electrons. The normalized spacial score (nSPS) is 18.8. The van der Waals surface area contributed by atoms with E-state index in [-0.39, 0.29) is 10.8 Å². The summed E-state index contributed by atoms with van der Waals surface area (Å²) in [4.78, 5) is 12.2. The van der Waals surface area contributed by atoms with E-state index in [0.717, 1.165) is 18.4 Å². The lowest BCUT2D eigenvalue weighted by Crippen LogP contribution is -2.51. The number of hydrogen-bond donors (Lipinski definition) is 1. The lowest BCUT2D eigenvalue weighted by Gasteiger charge is -2.32. The highest BCUT2D eigenvalue weighted by atomic mass is 32.2. The molecule has 1 aromatic heterocycles. The average Bonchev–Trinajstić information content (AvgIpc) is 3.11. The second kappa shape index (κ2) is 7.37. The molecule has 1 amide bonds. The van der Waals surface area contributed by atoms with Gasteiger partial charge in [0.05, 0.1) is 12.7 Å². The van der Waals surface area contributed by atoms with Gasteiger partial charge in [-0.2, -0.15) is 9.40 Å². The van der Waals surface area contributed by atoms with Crippen LogP contribution < -0.4 is 5.32 Å². The van der Waals surface area contributed by atoms with Crippen molar-refractivity contribution in [2.75, 3.05) is 13.6 Å². The largest absolute Gasteiger partial charge is 0.358 e. The molecule has 0 saturated carbocycles. The van der Waals surface area contributed by atoms with E-state index in [2.05, 4.69) is 10.4 Å². The van der Waals surface area contributed by atoms with Gasteiger partial charge in [0.15, 0.2) is 0 Å². The molecule has 3 rings (SSSR count). The van der Waals surface area contributed by atoms with Gasteiger partial charge in [-0.3, -0.25) is 9.48 Å². The first-order valence-corrected chi connectivity index (χ1v) is 9.76. The number of nitrogens with one attached hydrogen (secondary N) is 1. The molecule has 2 heterocycles. The van der Waals surface area contributed by atoms with E-state index in [1.165, 1.54) is 23.7 Å². The number of sulfonamides is 1. The zero-order valence-electron chi connectivity index (χ0n) is 14.1. The van der Waals surface area contributed by atoms with Crippen LogP contribution in [0.1, 0.15) is 24.8 Å². The lowest BCUT2D eigenvalue weighted by atomic mass is 10.0. The van der Waals surface area contributed by atoms with E-state index in [4.69, 9.17) is 0 Å². The van der Waals surface area contributed by atoms with Crippen molar-refractivity contribution in [1.29, 1.82) is 0 Å². The summed E-state index contributed by atoms with van der Waals surface area (Å²) in [7, 11) is -2.22. The molecule has 0 unspecified atom stereocenters. The number of aromatic nitrogens is 2. The average molecular weight is 362 g/mol. The van der Waals surface area contributed by atoms with Crippen LogP contribution in [0.5, 0.6) is 0 Å².